The van der Waals surface area contributed by atoms with E-state index in [2.05, 4.69) is 26.0 Å². The first-order chi connectivity index (χ1) is 9.04. The number of nitrogens with zero attached hydrogens (tertiary/aromatic N) is 1. The molecule has 1 unspecified atom stereocenters. The summed E-state index contributed by atoms with van der Waals surface area (Å²) in [6, 6.07) is 5.78. The summed E-state index contributed by atoms with van der Waals surface area (Å²) in [5.74, 6) is -0.728. The largest absolute Gasteiger partial charge is 0.480 e. The molecule has 1 aromatic carbocycles. The third kappa shape index (κ3) is 3.80. The van der Waals surface area contributed by atoms with Gasteiger partial charge < -0.3 is 5.11 Å². The SMILES string of the molecule is CCc1cccc(C)c1CC(C(=O)O)N(CC)CC. The van der Waals surface area contributed by atoms with E-state index in [4.69, 9.17) is 0 Å². The van der Waals surface area contributed by atoms with Crippen LogP contribution in [0.25, 0.3) is 0 Å². The zero-order chi connectivity index (χ0) is 14.4. The van der Waals surface area contributed by atoms with E-state index in [1.807, 2.05) is 24.8 Å². The molecule has 0 aliphatic heterocycles. The molecule has 3 nitrogen and oxygen atoms in total. The van der Waals surface area contributed by atoms with Crippen LogP contribution in [0.1, 0.15) is 37.5 Å². The molecule has 1 rings (SSSR count). The second-order valence-corrected chi connectivity index (χ2v) is 4.85. The summed E-state index contributed by atoms with van der Waals surface area (Å²) < 4.78 is 0. The lowest BCUT2D eigenvalue weighted by molar-refractivity contribution is -0.143. The molecule has 19 heavy (non-hydrogen) atoms. The Hall–Kier alpha value is -1.35. The number of hydrogen-bond donors (Lipinski definition) is 1. The minimum Gasteiger partial charge on any atom is -0.480 e. The van der Waals surface area contributed by atoms with Gasteiger partial charge in [0.1, 0.15) is 6.04 Å². The van der Waals surface area contributed by atoms with Crippen molar-refractivity contribution in [3.63, 3.8) is 0 Å². The lowest BCUT2D eigenvalue weighted by atomic mass is 9.93. The van der Waals surface area contributed by atoms with E-state index in [0.717, 1.165) is 19.5 Å². The maximum atomic E-state index is 11.5. The van der Waals surface area contributed by atoms with Gasteiger partial charge in [0.2, 0.25) is 0 Å². The smallest absolute Gasteiger partial charge is 0.321 e. The summed E-state index contributed by atoms with van der Waals surface area (Å²) in [5.41, 5.74) is 3.65. The predicted octanol–water partition coefficient (Wildman–Crippen LogP) is 2.89. The predicted molar refractivity (Wildman–Crippen MR) is 78.6 cm³/mol. The van der Waals surface area contributed by atoms with Crippen LogP contribution in [-0.4, -0.2) is 35.1 Å². The number of carboxylic acids is 1. The molecule has 0 saturated carbocycles. The molecule has 0 aliphatic carbocycles. The standard InChI is InChI=1S/C16H25NO2/c1-5-13-10-8-9-12(4)14(13)11-15(16(18)19)17(6-2)7-3/h8-10,15H,5-7,11H2,1-4H3,(H,18,19). The molecule has 1 atom stereocenters. The average molecular weight is 263 g/mol. The fourth-order valence-corrected chi connectivity index (χ4v) is 2.62. The highest BCUT2D eigenvalue weighted by atomic mass is 16.4. The molecule has 0 fully saturated rings. The third-order valence-electron chi connectivity index (χ3n) is 3.82. The zero-order valence-electron chi connectivity index (χ0n) is 12.4. The lowest BCUT2D eigenvalue weighted by Gasteiger charge is -2.27. The van der Waals surface area contributed by atoms with Gasteiger partial charge in [0.15, 0.2) is 0 Å². The second-order valence-electron chi connectivity index (χ2n) is 4.85. The highest BCUT2D eigenvalue weighted by Gasteiger charge is 2.25. The van der Waals surface area contributed by atoms with Gasteiger partial charge in [-0.25, -0.2) is 0 Å². The molecular formula is C16H25NO2. The first kappa shape index (κ1) is 15.7. The van der Waals surface area contributed by atoms with Gasteiger partial charge in [0, 0.05) is 0 Å². The number of carbonyl (C=O) groups is 1. The van der Waals surface area contributed by atoms with Gasteiger partial charge in [-0.15, -0.1) is 0 Å². The summed E-state index contributed by atoms with van der Waals surface area (Å²) in [6.45, 7) is 9.73. The van der Waals surface area contributed by atoms with Crippen molar-refractivity contribution in [3.8, 4) is 0 Å². The Labute approximate surface area is 116 Å². The van der Waals surface area contributed by atoms with Crippen molar-refractivity contribution < 1.29 is 9.90 Å². The van der Waals surface area contributed by atoms with Gasteiger partial charge in [0.25, 0.3) is 0 Å². The molecule has 0 spiro atoms. The number of carboxylic acid groups (broad SMARTS) is 1. The lowest BCUT2D eigenvalue weighted by Crippen LogP contribution is -2.42. The molecule has 0 saturated heterocycles. The van der Waals surface area contributed by atoms with Gasteiger partial charge in [-0.05, 0) is 49.5 Å². The van der Waals surface area contributed by atoms with Crippen LogP contribution in [0.2, 0.25) is 0 Å². The highest BCUT2D eigenvalue weighted by molar-refractivity contribution is 5.74. The van der Waals surface area contributed by atoms with Crippen LogP contribution < -0.4 is 0 Å². The minimum absolute atomic E-state index is 0.429. The number of aliphatic carboxylic acids is 1. The normalized spacial score (nSPS) is 12.7. The first-order valence-corrected chi connectivity index (χ1v) is 7.09. The fraction of sp³-hybridized carbons (Fsp3) is 0.562. The monoisotopic (exact) mass is 263 g/mol. The van der Waals surface area contributed by atoms with Crippen LogP contribution in [0, 0.1) is 6.92 Å². The van der Waals surface area contributed by atoms with Crippen LogP contribution in [-0.2, 0) is 17.6 Å². The maximum Gasteiger partial charge on any atom is 0.321 e. The Morgan fingerprint density at radius 2 is 1.89 bits per heavy atom. The van der Waals surface area contributed by atoms with E-state index >= 15 is 0 Å². The van der Waals surface area contributed by atoms with Crippen LogP contribution in [0.4, 0.5) is 0 Å². The van der Waals surface area contributed by atoms with Gasteiger partial charge in [0.05, 0.1) is 0 Å². The highest BCUT2D eigenvalue weighted by Crippen LogP contribution is 2.19. The number of likely N-dealkylation sites (N-methyl/N-ethyl adjacent to an activating group) is 1. The Balaban J connectivity index is 3.06. The van der Waals surface area contributed by atoms with Crippen LogP contribution in [0.15, 0.2) is 18.2 Å². The molecule has 1 N–H and O–H groups in total. The molecule has 106 valence electrons. The van der Waals surface area contributed by atoms with Crippen molar-refractivity contribution in [1.82, 2.24) is 4.90 Å². The number of hydrogen-bond acceptors (Lipinski definition) is 2. The number of benzene rings is 1. The first-order valence-electron chi connectivity index (χ1n) is 7.09. The molecule has 3 heteroatoms. The summed E-state index contributed by atoms with van der Waals surface area (Å²) >= 11 is 0. The Kier molecular flexibility index (Phi) is 6.03. The van der Waals surface area contributed by atoms with E-state index in [1.165, 1.54) is 16.7 Å². The van der Waals surface area contributed by atoms with Crippen LogP contribution >= 0.6 is 0 Å². The van der Waals surface area contributed by atoms with Crippen molar-refractivity contribution in [2.45, 2.75) is 46.6 Å². The number of rotatable bonds is 7. The quantitative estimate of drug-likeness (QED) is 0.822. The second kappa shape index (κ2) is 7.29. The minimum atomic E-state index is -0.728. The Morgan fingerprint density at radius 3 is 2.37 bits per heavy atom. The van der Waals surface area contributed by atoms with Crippen molar-refractivity contribution in [2.24, 2.45) is 0 Å². The van der Waals surface area contributed by atoms with Crippen molar-refractivity contribution >= 4 is 5.97 Å². The van der Waals surface area contributed by atoms with E-state index in [-0.39, 0.29) is 0 Å². The van der Waals surface area contributed by atoms with Gasteiger partial charge >= 0.3 is 5.97 Å². The molecule has 0 heterocycles. The van der Waals surface area contributed by atoms with Crippen LogP contribution in [0.5, 0.6) is 0 Å². The molecule has 0 bridgehead atoms. The Morgan fingerprint density at radius 1 is 1.26 bits per heavy atom. The van der Waals surface area contributed by atoms with Gasteiger partial charge in [-0.2, -0.15) is 0 Å². The fourth-order valence-electron chi connectivity index (χ4n) is 2.62. The average Bonchev–Trinajstić information content (AvgIpc) is 2.40. The summed E-state index contributed by atoms with van der Waals surface area (Å²) in [7, 11) is 0. The van der Waals surface area contributed by atoms with Crippen molar-refractivity contribution in [1.29, 1.82) is 0 Å². The van der Waals surface area contributed by atoms with E-state index < -0.39 is 12.0 Å². The zero-order valence-corrected chi connectivity index (χ0v) is 12.4. The molecular weight excluding hydrogens is 238 g/mol. The summed E-state index contributed by atoms with van der Waals surface area (Å²) in [6.07, 6.45) is 1.54. The van der Waals surface area contributed by atoms with Crippen molar-refractivity contribution in [3.05, 3.63) is 34.9 Å². The maximum absolute atomic E-state index is 11.5. The van der Waals surface area contributed by atoms with Crippen molar-refractivity contribution in [2.75, 3.05) is 13.1 Å². The third-order valence-corrected chi connectivity index (χ3v) is 3.82. The molecule has 0 radical (unpaired) electrons. The van der Waals surface area contributed by atoms with E-state index in [0.29, 0.717) is 6.42 Å². The molecule has 0 aliphatic rings. The summed E-state index contributed by atoms with van der Waals surface area (Å²) in [5, 5.41) is 9.48. The number of aryl methyl sites for hydroxylation is 2. The van der Waals surface area contributed by atoms with Gasteiger partial charge in [-0.1, -0.05) is 39.0 Å². The Bertz CT molecular complexity index is 425. The molecule has 1 aromatic rings. The van der Waals surface area contributed by atoms with E-state index in [1.54, 1.807) is 0 Å². The summed E-state index contributed by atoms with van der Waals surface area (Å²) in [4.78, 5) is 13.5. The van der Waals surface area contributed by atoms with Crippen LogP contribution in [0.3, 0.4) is 0 Å². The topological polar surface area (TPSA) is 40.5 Å². The van der Waals surface area contributed by atoms with Gasteiger partial charge in [-0.3, -0.25) is 9.69 Å². The van der Waals surface area contributed by atoms with E-state index in [9.17, 15) is 9.90 Å². The molecule has 0 aromatic heterocycles. The molecule has 0 amide bonds.